The molecule has 0 fully saturated rings. The summed E-state index contributed by atoms with van der Waals surface area (Å²) < 4.78 is 0. The van der Waals surface area contributed by atoms with E-state index in [4.69, 9.17) is 0 Å². The lowest BCUT2D eigenvalue weighted by Crippen LogP contribution is -1.82. The molecule has 0 heterocycles. The quantitative estimate of drug-likeness (QED) is 0.275. The summed E-state index contributed by atoms with van der Waals surface area (Å²) in [6, 6.07) is 0. The first-order chi connectivity index (χ1) is 7.35. The summed E-state index contributed by atoms with van der Waals surface area (Å²) >= 11 is 0. The highest BCUT2D eigenvalue weighted by molar-refractivity contribution is 5.22. The third kappa shape index (κ3) is 9.27. The first-order valence-electron chi connectivity index (χ1n) is 5.90. The van der Waals surface area contributed by atoms with E-state index in [0.29, 0.717) is 0 Å². The normalized spacial score (nSPS) is 11.9. The summed E-state index contributed by atoms with van der Waals surface area (Å²) in [4.78, 5) is 0. The molecule has 0 aromatic rings. The molecule has 0 aliphatic carbocycles. The van der Waals surface area contributed by atoms with Gasteiger partial charge in [-0.1, -0.05) is 49.8 Å². The Morgan fingerprint density at radius 1 is 1.07 bits per heavy atom. The molecule has 0 aliphatic rings. The number of rotatable bonds is 9. The Kier molecular flexibility index (Phi) is 10.3. The monoisotopic (exact) mass is 204 g/mol. The Balaban J connectivity index is 3.58. The molecule has 0 saturated carbocycles. The van der Waals surface area contributed by atoms with Gasteiger partial charge in [0.15, 0.2) is 0 Å². The van der Waals surface area contributed by atoms with E-state index in [-0.39, 0.29) is 0 Å². The lowest BCUT2D eigenvalue weighted by molar-refractivity contribution is 0.647. The van der Waals surface area contributed by atoms with Crippen molar-refractivity contribution in [2.24, 2.45) is 0 Å². The summed E-state index contributed by atoms with van der Waals surface area (Å²) in [5, 5.41) is 0. The van der Waals surface area contributed by atoms with E-state index in [1.165, 1.54) is 37.7 Å². The van der Waals surface area contributed by atoms with Gasteiger partial charge in [-0.2, -0.15) is 0 Å². The van der Waals surface area contributed by atoms with Gasteiger partial charge in [-0.15, -0.1) is 6.58 Å². The highest BCUT2D eigenvalue weighted by atomic mass is 14.0. The Bertz CT molecular complexity index is 218. The van der Waals surface area contributed by atoms with Crippen LogP contribution in [0.5, 0.6) is 0 Å². The minimum atomic E-state index is 1.16. The van der Waals surface area contributed by atoms with Crippen LogP contribution >= 0.6 is 0 Å². The van der Waals surface area contributed by atoms with Gasteiger partial charge in [-0.05, 0) is 38.2 Å². The van der Waals surface area contributed by atoms with Gasteiger partial charge in [-0.25, -0.2) is 0 Å². The largest absolute Gasteiger partial charge is 0.103 e. The zero-order chi connectivity index (χ0) is 11.4. The zero-order valence-electron chi connectivity index (χ0n) is 10.0. The van der Waals surface area contributed by atoms with Gasteiger partial charge >= 0.3 is 0 Å². The molecule has 0 rings (SSSR count). The summed E-state index contributed by atoms with van der Waals surface area (Å²) in [6.45, 7) is 9.51. The smallest absolute Gasteiger partial charge is 0.0279 e. The molecule has 0 bridgehead atoms. The molecule has 15 heavy (non-hydrogen) atoms. The van der Waals surface area contributed by atoms with E-state index in [1.807, 2.05) is 12.2 Å². The summed E-state index contributed by atoms with van der Waals surface area (Å²) in [5.74, 6) is 0. The predicted molar refractivity (Wildman–Crippen MR) is 71.0 cm³/mol. The summed E-state index contributed by atoms with van der Waals surface area (Å²) in [6.07, 6.45) is 17.8. The number of hydrogen-bond acceptors (Lipinski definition) is 0. The SMILES string of the molecule is C=C/C=C(\C=C/C)CCCCCCC=C. The van der Waals surface area contributed by atoms with Crippen molar-refractivity contribution < 1.29 is 0 Å². The van der Waals surface area contributed by atoms with Crippen LogP contribution in [0.4, 0.5) is 0 Å². The van der Waals surface area contributed by atoms with Gasteiger partial charge < -0.3 is 0 Å². The third-order valence-electron chi connectivity index (χ3n) is 2.34. The summed E-state index contributed by atoms with van der Waals surface area (Å²) in [7, 11) is 0. The topological polar surface area (TPSA) is 0 Å². The van der Waals surface area contributed by atoms with Gasteiger partial charge in [0.2, 0.25) is 0 Å². The lowest BCUT2D eigenvalue weighted by Gasteiger charge is -2.01. The minimum absolute atomic E-state index is 1.16. The fourth-order valence-corrected chi connectivity index (χ4v) is 1.56. The number of unbranched alkanes of at least 4 members (excludes halogenated alkanes) is 4. The first kappa shape index (κ1) is 14.0. The second-order valence-corrected chi connectivity index (χ2v) is 3.72. The molecule has 0 nitrogen and oxygen atoms in total. The molecule has 0 heteroatoms. The van der Waals surface area contributed by atoms with Crippen LogP contribution < -0.4 is 0 Å². The average molecular weight is 204 g/mol. The second kappa shape index (κ2) is 11.0. The molecule has 0 spiro atoms. The maximum Gasteiger partial charge on any atom is -0.0279 e. The highest BCUT2D eigenvalue weighted by Crippen LogP contribution is 2.12. The maximum absolute atomic E-state index is 3.73. The molecule has 0 amide bonds. The molecule has 84 valence electrons. The van der Waals surface area contributed by atoms with Crippen molar-refractivity contribution in [1.29, 1.82) is 0 Å². The Hall–Kier alpha value is -1.04. The molecule has 0 saturated heterocycles. The van der Waals surface area contributed by atoms with E-state index >= 15 is 0 Å². The fraction of sp³-hybridized carbons (Fsp3) is 0.467. The van der Waals surface area contributed by atoms with Crippen LogP contribution in [0.25, 0.3) is 0 Å². The Morgan fingerprint density at radius 3 is 2.40 bits per heavy atom. The van der Waals surface area contributed by atoms with Crippen LogP contribution in [-0.4, -0.2) is 0 Å². The van der Waals surface area contributed by atoms with Crippen LogP contribution in [0.3, 0.4) is 0 Å². The Labute approximate surface area is 95.1 Å². The van der Waals surface area contributed by atoms with Crippen molar-refractivity contribution in [1.82, 2.24) is 0 Å². The lowest BCUT2D eigenvalue weighted by atomic mass is 10.0. The maximum atomic E-state index is 3.73. The molecule has 0 unspecified atom stereocenters. The van der Waals surface area contributed by atoms with E-state index in [1.54, 1.807) is 0 Å². The van der Waals surface area contributed by atoms with E-state index in [9.17, 15) is 0 Å². The zero-order valence-corrected chi connectivity index (χ0v) is 10.0. The van der Waals surface area contributed by atoms with Crippen LogP contribution in [0, 0.1) is 0 Å². The summed E-state index contributed by atoms with van der Waals surface area (Å²) in [5.41, 5.74) is 1.39. The predicted octanol–water partition coefficient (Wildman–Crippen LogP) is 5.20. The molecule has 0 radical (unpaired) electrons. The van der Waals surface area contributed by atoms with Gasteiger partial charge in [-0.3, -0.25) is 0 Å². The molecule has 0 N–H and O–H groups in total. The van der Waals surface area contributed by atoms with Crippen molar-refractivity contribution >= 4 is 0 Å². The standard InChI is InChI=1S/C15H24/c1-4-7-8-9-10-11-14-15(12-5-2)13-6-3/h4-6,12-13H,1-2,7-11,14H2,3H3/b13-6-,15-12+. The van der Waals surface area contributed by atoms with Crippen molar-refractivity contribution in [3.63, 3.8) is 0 Å². The highest BCUT2D eigenvalue weighted by Gasteiger charge is 1.92. The molecule has 0 atom stereocenters. The van der Waals surface area contributed by atoms with Crippen LogP contribution in [0.1, 0.15) is 45.4 Å². The number of allylic oxidation sites excluding steroid dienone is 6. The number of hydrogen-bond donors (Lipinski definition) is 0. The van der Waals surface area contributed by atoms with Crippen LogP contribution in [-0.2, 0) is 0 Å². The van der Waals surface area contributed by atoms with Crippen molar-refractivity contribution in [2.75, 3.05) is 0 Å². The molecule has 0 aromatic carbocycles. The van der Waals surface area contributed by atoms with E-state index < -0.39 is 0 Å². The van der Waals surface area contributed by atoms with Crippen LogP contribution in [0.15, 0.2) is 49.1 Å². The average Bonchev–Trinajstić information content (AvgIpc) is 2.24. The van der Waals surface area contributed by atoms with Crippen molar-refractivity contribution in [3.05, 3.63) is 49.1 Å². The van der Waals surface area contributed by atoms with E-state index in [2.05, 4.69) is 38.3 Å². The van der Waals surface area contributed by atoms with Gasteiger partial charge in [0, 0.05) is 0 Å². The second-order valence-electron chi connectivity index (χ2n) is 3.72. The van der Waals surface area contributed by atoms with Gasteiger partial charge in [0.1, 0.15) is 0 Å². The fourth-order valence-electron chi connectivity index (χ4n) is 1.56. The molecule has 0 aliphatic heterocycles. The minimum Gasteiger partial charge on any atom is -0.103 e. The van der Waals surface area contributed by atoms with Gasteiger partial charge in [0.05, 0.1) is 0 Å². The van der Waals surface area contributed by atoms with Crippen LogP contribution in [0.2, 0.25) is 0 Å². The molecular weight excluding hydrogens is 180 g/mol. The molecular formula is C15H24. The third-order valence-corrected chi connectivity index (χ3v) is 2.34. The first-order valence-corrected chi connectivity index (χ1v) is 5.90. The Morgan fingerprint density at radius 2 is 1.80 bits per heavy atom. The van der Waals surface area contributed by atoms with Crippen molar-refractivity contribution in [2.45, 2.75) is 45.4 Å². The van der Waals surface area contributed by atoms with Crippen molar-refractivity contribution in [3.8, 4) is 0 Å². The van der Waals surface area contributed by atoms with E-state index in [0.717, 1.165) is 6.42 Å². The molecule has 0 aromatic heterocycles. The van der Waals surface area contributed by atoms with Gasteiger partial charge in [0.25, 0.3) is 0 Å².